The Bertz CT molecular complexity index is 1040. The summed E-state index contributed by atoms with van der Waals surface area (Å²) < 4.78 is 20.9. The third-order valence-electron chi connectivity index (χ3n) is 4.15. The lowest BCUT2D eigenvalue weighted by Crippen LogP contribution is -2.02. The van der Waals surface area contributed by atoms with Crippen LogP contribution >= 0.6 is 0 Å². The molecule has 0 saturated carbocycles. The maximum absolute atomic E-state index is 13.7. The van der Waals surface area contributed by atoms with Gasteiger partial charge in [0, 0.05) is 0 Å². The van der Waals surface area contributed by atoms with Crippen LogP contribution < -0.4 is 4.74 Å². The van der Waals surface area contributed by atoms with Crippen molar-refractivity contribution >= 4 is 11.2 Å². The molecule has 2 heterocycles. The summed E-state index contributed by atoms with van der Waals surface area (Å²) in [4.78, 5) is 7.90. The molecule has 2 aromatic heterocycles. The molecule has 6 heteroatoms. The number of hydrogen-bond acceptors (Lipinski definition) is 3. The molecule has 0 radical (unpaired) electrons. The minimum atomic E-state index is -0.334. The van der Waals surface area contributed by atoms with E-state index in [1.54, 1.807) is 13.2 Å². The highest BCUT2D eigenvalue weighted by atomic mass is 19.1. The van der Waals surface area contributed by atoms with Gasteiger partial charge in [0.05, 0.1) is 24.9 Å². The van der Waals surface area contributed by atoms with Gasteiger partial charge in [-0.25, -0.2) is 14.1 Å². The quantitative estimate of drug-likeness (QED) is 0.614. The van der Waals surface area contributed by atoms with E-state index in [1.165, 1.54) is 12.1 Å². The first-order chi connectivity index (χ1) is 12.2. The van der Waals surface area contributed by atoms with E-state index in [4.69, 9.17) is 4.74 Å². The molecule has 5 nitrogen and oxygen atoms in total. The molecule has 2 aromatic carbocycles. The molecule has 4 rings (SSSR count). The van der Waals surface area contributed by atoms with Crippen LogP contribution in [0.2, 0.25) is 0 Å². The Morgan fingerprint density at radius 2 is 1.96 bits per heavy atom. The maximum atomic E-state index is 13.7. The zero-order chi connectivity index (χ0) is 17.4. The number of aryl methyl sites for hydroxylation is 1. The van der Waals surface area contributed by atoms with Gasteiger partial charge in [-0.3, -0.25) is 0 Å². The number of nitrogens with one attached hydrogen (secondary N) is 1. The van der Waals surface area contributed by atoms with Gasteiger partial charge in [0.15, 0.2) is 5.65 Å². The fourth-order valence-electron chi connectivity index (χ4n) is 2.94. The number of hydrogen-bond donors (Lipinski definition) is 1. The predicted molar refractivity (Wildman–Crippen MR) is 94.1 cm³/mol. The Morgan fingerprint density at radius 1 is 1.16 bits per heavy atom. The number of aromatic amines is 1. The smallest absolute Gasteiger partial charge is 0.177 e. The van der Waals surface area contributed by atoms with Crippen molar-refractivity contribution in [2.45, 2.75) is 13.5 Å². The van der Waals surface area contributed by atoms with Crippen LogP contribution in [0.3, 0.4) is 0 Å². The molecule has 25 heavy (non-hydrogen) atoms. The number of H-pyrrole nitrogens is 1. The van der Waals surface area contributed by atoms with Crippen molar-refractivity contribution in [2.24, 2.45) is 0 Å². The average molecular weight is 336 g/mol. The highest BCUT2D eigenvalue weighted by molar-refractivity contribution is 5.80. The van der Waals surface area contributed by atoms with Crippen LogP contribution in [0.25, 0.3) is 22.6 Å². The van der Waals surface area contributed by atoms with Crippen molar-refractivity contribution < 1.29 is 9.13 Å². The molecule has 0 amide bonds. The molecule has 0 saturated heterocycles. The fraction of sp³-hybridized carbons (Fsp3) is 0.158. The molecular formula is C19H17FN4O. The number of nitrogens with zero attached hydrogens (tertiary/aromatic N) is 3. The second-order valence-corrected chi connectivity index (χ2v) is 5.86. The van der Waals surface area contributed by atoms with E-state index in [0.717, 1.165) is 22.4 Å². The van der Waals surface area contributed by atoms with E-state index in [2.05, 4.69) is 15.1 Å². The van der Waals surface area contributed by atoms with E-state index in [0.29, 0.717) is 23.7 Å². The lowest BCUT2D eigenvalue weighted by atomic mass is 10.2. The van der Waals surface area contributed by atoms with Gasteiger partial charge in [-0.1, -0.05) is 30.3 Å². The summed E-state index contributed by atoms with van der Waals surface area (Å²) in [7, 11) is 1.56. The van der Waals surface area contributed by atoms with Crippen molar-refractivity contribution in [3.63, 3.8) is 0 Å². The third kappa shape index (κ3) is 2.76. The summed E-state index contributed by atoms with van der Waals surface area (Å²) in [5, 5.41) is 4.56. The Kier molecular flexibility index (Phi) is 3.72. The SMILES string of the molecule is COc1ccc(F)cc1-c1nc2c([nH]1)c(C)nn2Cc1ccccc1. The number of halogens is 1. The number of methoxy groups -OCH3 is 1. The van der Waals surface area contributed by atoms with Gasteiger partial charge in [0.25, 0.3) is 0 Å². The summed E-state index contributed by atoms with van der Waals surface area (Å²) in [5.41, 5.74) is 4.16. The minimum absolute atomic E-state index is 0.334. The van der Waals surface area contributed by atoms with Crippen LogP contribution in [0.4, 0.5) is 4.39 Å². The zero-order valence-corrected chi connectivity index (χ0v) is 14.0. The number of benzene rings is 2. The number of imidazole rings is 1. The van der Waals surface area contributed by atoms with Crippen LogP contribution in [0.15, 0.2) is 48.5 Å². The predicted octanol–water partition coefficient (Wildman–Crippen LogP) is 3.93. The fourth-order valence-corrected chi connectivity index (χ4v) is 2.94. The topological polar surface area (TPSA) is 55.7 Å². The first-order valence-corrected chi connectivity index (χ1v) is 7.96. The van der Waals surface area contributed by atoms with E-state index < -0.39 is 0 Å². The third-order valence-corrected chi connectivity index (χ3v) is 4.15. The van der Waals surface area contributed by atoms with Gasteiger partial charge in [-0.2, -0.15) is 5.10 Å². The van der Waals surface area contributed by atoms with Gasteiger partial charge < -0.3 is 9.72 Å². The lowest BCUT2D eigenvalue weighted by Gasteiger charge is -2.06. The summed E-state index contributed by atoms with van der Waals surface area (Å²) in [6.45, 7) is 2.55. The van der Waals surface area contributed by atoms with E-state index in [9.17, 15) is 4.39 Å². The second kappa shape index (κ2) is 6.05. The minimum Gasteiger partial charge on any atom is -0.496 e. The number of ether oxygens (including phenoxy) is 1. The first-order valence-electron chi connectivity index (χ1n) is 7.96. The van der Waals surface area contributed by atoms with Crippen LogP contribution in [-0.4, -0.2) is 26.9 Å². The van der Waals surface area contributed by atoms with Crippen molar-refractivity contribution in [2.75, 3.05) is 7.11 Å². The van der Waals surface area contributed by atoms with Crippen molar-refractivity contribution in [1.29, 1.82) is 0 Å². The molecule has 0 bridgehead atoms. The molecule has 0 atom stereocenters. The molecule has 0 aliphatic carbocycles. The molecular weight excluding hydrogens is 319 g/mol. The Balaban J connectivity index is 1.81. The molecule has 0 aliphatic rings. The van der Waals surface area contributed by atoms with Crippen molar-refractivity contribution in [1.82, 2.24) is 19.7 Å². The van der Waals surface area contributed by atoms with Crippen LogP contribution in [0.5, 0.6) is 5.75 Å². The van der Waals surface area contributed by atoms with Crippen LogP contribution in [-0.2, 0) is 6.54 Å². The summed E-state index contributed by atoms with van der Waals surface area (Å²) in [6, 6.07) is 14.5. The van der Waals surface area contributed by atoms with Gasteiger partial charge >= 0.3 is 0 Å². The second-order valence-electron chi connectivity index (χ2n) is 5.86. The van der Waals surface area contributed by atoms with Gasteiger partial charge in [0.2, 0.25) is 0 Å². The summed E-state index contributed by atoms with van der Waals surface area (Å²) >= 11 is 0. The van der Waals surface area contributed by atoms with E-state index in [-0.39, 0.29) is 5.82 Å². The Labute approximate surface area is 144 Å². The maximum Gasteiger partial charge on any atom is 0.177 e. The first kappa shape index (κ1) is 15.4. The zero-order valence-electron chi connectivity index (χ0n) is 14.0. The van der Waals surface area contributed by atoms with Crippen molar-refractivity contribution in [3.05, 3.63) is 65.6 Å². The standard InChI is InChI=1S/C19H17FN4O/c1-12-17-19(24(23-12)11-13-6-4-3-5-7-13)22-18(21-17)15-10-14(20)8-9-16(15)25-2/h3-10H,11H2,1-2H3,(H,21,22). The molecule has 0 aliphatic heterocycles. The highest BCUT2D eigenvalue weighted by Gasteiger charge is 2.17. The highest BCUT2D eigenvalue weighted by Crippen LogP contribution is 2.30. The average Bonchev–Trinajstić information content (AvgIpc) is 3.17. The molecule has 0 fully saturated rings. The normalized spacial score (nSPS) is 11.2. The molecule has 0 spiro atoms. The Hall–Kier alpha value is -3.15. The molecule has 0 unspecified atom stereocenters. The number of fused-ring (bicyclic) bond motifs is 1. The van der Waals surface area contributed by atoms with Gasteiger partial charge in [-0.15, -0.1) is 0 Å². The van der Waals surface area contributed by atoms with Gasteiger partial charge in [0.1, 0.15) is 22.9 Å². The summed E-state index contributed by atoms with van der Waals surface area (Å²) in [6.07, 6.45) is 0. The van der Waals surface area contributed by atoms with E-state index >= 15 is 0 Å². The van der Waals surface area contributed by atoms with Crippen molar-refractivity contribution in [3.8, 4) is 17.1 Å². The van der Waals surface area contributed by atoms with E-state index in [1.807, 2.05) is 41.9 Å². The Morgan fingerprint density at radius 3 is 2.72 bits per heavy atom. The summed E-state index contributed by atoms with van der Waals surface area (Å²) in [5.74, 6) is 0.797. The lowest BCUT2D eigenvalue weighted by molar-refractivity contribution is 0.415. The molecule has 4 aromatic rings. The monoisotopic (exact) mass is 336 g/mol. The molecule has 1 N–H and O–H groups in total. The molecule has 126 valence electrons. The number of aromatic nitrogens is 4. The van der Waals surface area contributed by atoms with Gasteiger partial charge in [-0.05, 0) is 30.7 Å². The van der Waals surface area contributed by atoms with Crippen LogP contribution in [0.1, 0.15) is 11.3 Å². The van der Waals surface area contributed by atoms with Crippen LogP contribution in [0, 0.1) is 12.7 Å². The number of rotatable bonds is 4. The largest absolute Gasteiger partial charge is 0.496 e.